The zero-order chi connectivity index (χ0) is 15.4. The van der Waals surface area contributed by atoms with Gasteiger partial charge in [-0.15, -0.1) is 0 Å². The van der Waals surface area contributed by atoms with Crippen molar-refractivity contribution < 1.29 is 18.0 Å². The number of hydrogen-bond donors (Lipinski definition) is 1. The average molecular weight is 285 g/mol. The van der Waals surface area contributed by atoms with Crippen LogP contribution in [0.5, 0.6) is 0 Å². The highest BCUT2D eigenvalue weighted by molar-refractivity contribution is 5.93. The van der Waals surface area contributed by atoms with Crippen molar-refractivity contribution in [1.29, 1.82) is 5.26 Å². The highest BCUT2D eigenvalue weighted by Gasteiger charge is 2.32. The van der Waals surface area contributed by atoms with Crippen LogP contribution in [0.2, 0.25) is 0 Å². The minimum Gasteiger partial charge on any atom is -0.332 e. The second-order valence-electron chi connectivity index (χ2n) is 4.29. The van der Waals surface area contributed by atoms with Gasteiger partial charge in [0.15, 0.2) is 0 Å². The van der Waals surface area contributed by atoms with Crippen LogP contribution >= 0.6 is 0 Å². The number of hydrogen-bond acceptors (Lipinski definition) is 3. The molecule has 0 bridgehead atoms. The second kappa shape index (κ2) is 5.90. The van der Waals surface area contributed by atoms with Gasteiger partial charge in [-0.05, 0) is 25.0 Å². The molecule has 1 heterocycles. The number of halogens is 3. The van der Waals surface area contributed by atoms with Crippen molar-refractivity contribution in [2.75, 3.05) is 0 Å². The molecule has 20 heavy (non-hydrogen) atoms. The summed E-state index contributed by atoms with van der Waals surface area (Å²) in [6.45, 7) is 3.49. The van der Waals surface area contributed by atoms with Crippen LogP contribution in [0.25, 0.3) is 0 Å². The highest BCUT2D eigenvalue weighted by Crippen LogP contribution is 2.28. The number of nitriles is 1. The van der Waals surface area contributed by atoms with Crippen LogP contribution < -0.4 is 5.32 Å². The van der Waals surface area contributed by atoms with Crippen molar-refractivity contribution in [3.05, 3.63) is 29.6 Å². The fourth-order valence-electron chi connectivity index (χ4n) is 1.59. The summed E-state index contributed by atoms with van der Waals surface area (Å²) in [5.74, 6) is -0.663. The molecule has 0 aliphatic heterocycles. The number of pyridine rings is 1. The summed E-state index contributed by atoms with van der Waals surface area (Å²) < 4.78 is 37.1. The van der Waals surface area contributed by atoms with Crippen LogP contribution in [-0.4, -0.2) is 16.4 Å². The predicted octanol–water partition coefficient (Wildman–Crippen LogP) is 2.91. The molecule has 0 saturated carbocycles. The van der Waals surface area contributed by atoms with Gasteiger partial charge in [-0.3, -0.25) is 9.78 Å². The first kappa shape index (κ1) is 16.0. The van der Waals surface area contributed by atoms with Gasteiger partial charge in [0.25, 0.3) is 5.91 Å². The molecule has 0 aliphatic rings. The first-order valence-electron chi connectivity index (χ1n) is 6.05. The van der Waals surface area contributed by atoms with Crippen LogP contribution in [0.3, 0.4) is 0 Å². The summed E-state index contributed by atoms with van der Waals surface area (Å²) in [7, 11) is 0. The van der Waals surface area contributed by atoms with Crippen molar-refractivity contribution in [1.82, 2.24) is 10.3 Å². The van der Waals surface area contributed by atoms with Crippen LogP contribution in [0.1, 0.15) is 42.7 Å². The van der Waals surface area contributed by atoms with E-state index < -0.39 is 23.2 Å². The van der Waals surface area contributed by atoms with Crippen molar-refractivity contribution >= 4 is 5.91 Å². The molecule has 1 rings (SSSR count). The summed E-state index contributed by atoms with van der Waals surface area (Å²) in [5, 5.41) is 11.6. The molecule has 0 aliphatic carbocycles. The molecule has 4 nitrogen and oxygen atoms in total. The van der Waals surface area contributed by atoms with Crippen molar-refractivity contribution in [2.24, 2.45) is 0 Å². The zero-order valence-corrected chi connectivity index (χ0v) is 11.1. The number of carbonyl (C=O) groups excluding carboxylic acids is 1. The number of amides is 1. The summed E-state index contributed by atoms with van der Waals surface area (Å²) in [6, 6.07) is 3.79. The van der Waals surface area contributed by atoms with Crippen LogP contribution in [0, 0.1) is 11.3 Å². The molecule has 0 fully saturated rings. The van der Waals surface area contributed by atoms with Gasteiger partial charge in [0.2, 0.25) is 0 Å². The van der Waals surface area contributed by atoms with E-state index >= 15 is 0 Å². The molecule has 1 aromatic rings. The smallest absolute Gasteiger partial charge is 0.332 e. The lowest BCUT2D eigenvalue weighted by Crippen LogP contribution is -2.46. The van der Waals surface area contributed by atoms with Gasteiger partial charge < -0.3 is 5.32 Å². The fraction of sp³-hybridized carbons (Fsp3) is 0.462. The largest absolute Gasteiger partial charge is 0.417 e. The van der Waals surface area contributed by atoms with E-state index in [2.05, 4.69) is 10.3 Å². The van der Waals surface area contributed by atoms with E-state index in [1.54, 1.807) is 13.8 Å². The maximum Gasteiger partial charge on any atom is 0.417 e. The maximum absolute atomic E-state index is 12.4. The molecule has 0 unspecified atom stereocenters. The molecule has 0 saturated heterocycles. The Bertz CT molecular complexity index is 513. The predicted molar refractivity (Wildman–Crippen MR) is 65.6 cm³/mol. The number of rotatable bonds is 4. The molecule has 7 heteroatoms. The Morgan fingerprint density at radius 1 is 1.35 bits per heavy atom. The summed E-state index contributed by atoms with van der Waals surface area (Å²) >= 11 is 0. The average Bonchev–Trinajstić information content (AvgIpc) is 2.44. The third kappa shape index (κ3) is 3.47. The van der Waals surface area contributed by atoms with E-state index in [1.807, 2.05) is 6.07 Å². The Morgan fingerprint density at radius 2 is 1.95 bits per heavy atom. The lowest BCUT2D eigenvalue weighted by atomic mass is 9.94. The lowest BCUT2D eigenvalue weighted by Gasteiger charge is -2.24. The van der Waals surface area contributed by atoms with Gasteiger partial charge in [0, 0.05) is 6.20 Å². The molecule has 0 atom stereocenters. The third-order valence-electron chi connectivity index (χ3n) is 3.10. The molecular formula is C13H14F3N3O. The van der Waals surface area contributed by atoms with Crippen molar-refractivity contribution in [3.8, 4) is 6.07 Å². The van der Waals surface area contributed by atoms with E-state index in [0.29, 0.717) is 19.0 Å². The summed E-state index contributed by atoms with van der Waals surface area (Å²) in [4.78, 5) is 15.4. The normalized spacial score (nSPS) is 11.8. The first-order chi connectivity index (χ1) is 9.28. The second-order valence-corrected chi connectivity index (χ2v) is 4.29. The monoisotopic (exact) mass is 285 g/mol. The number of aromatic nitrogens is 1. The molecule has 1 aromatic heterocycles. The zero-order valence-electron chi connectivity index (χ0n) is 11.1. The Hall–Kier alpha value is -2.10. The first-order valence-corrected chi connectivity index (χ1v) is 6.05. The van der Waals surface area contributed by atoms with Crippen LogP contribution in [-0.2, 0) is 6.18 Å². The van der Waals surface area contributed by atoms with Gasteiger partial charge in [-0.1, -0.05) is 13.8 Å². The highest BCUT2D eigenvalue weighted by atomic mass is 19.4. The molecule has 1 N–H and O–H groups in total. The van der Waals surface area contributed by atoms with E-state index in [0.717, 1.165) is 12.1 Å². The molecule has 0 spiro atoms. The van der Waals surface area contributed by atoms with Crippen molar-refractivity contribution in [2.45, 2.75) is 38.4 Å². The molecule has 108 valence electrons. The lowest BCUT2D eigenvalue weighted by molar-refractivity contribution is -0.137. The van der Waals surface area contributed by atoms with Crippen LogP contribution in [0.15, 0.2) is 18.3 Å². The molecule has 0 radical (unpaired) electrons. The quantitative estimate of drug-likeness (QED) is 0.925. The number of nitrogens with one attached hydrogen (secondary N) is 1. The van der Waals surface area contributed by atoms with Gasteiger partial charge in [-0.25, -0.2) is 0 Å². The Labute approximate surface area is 114 Å². The van der Waals surface area contributed by atoms with Crippen molar-refractivity contribution in [3.63, 3.8) is 0 Å². The summed E-state index contributed by atoms with van der Waals surface area (Å²) in [6.07, 6.45) is -3.11. The van der Waals surface area contributed by atoms with Crippen LogP contribution in [0.4, 0.5) is 13.2 Å². The SMILES string of the molecule is CCC(C#N)(CC)NC(=O)c1ccc(C(F)(F)F)cn1. The van der Waals surface area contributed by atoms with E-state index in [4.69, 9.17) is 5.26 Å². The van der Waals surface area contributed by atoms with E-state index in [9.17, 15) is 18.0 Å². The number of carbonyl (C=O) groups is 1. The molecule has 0 aromatic carbocycles. The topological polar surface area (TPSA) is 65.8 Å². The Kier molecular flexibility index (Phi) is 4.71. The van der Waals surface area contributed by atoms with E-state index in [1.165, 1.54) is 0 Å². The fourth-order valence-corrected chi connectivity index (χ4v) is 1.59. The summed E-state index contributed by atoms with van der Waals surface area (Å²) in [5.41, 5.74) is -2.10. The number of alkyl halides is 3. The molecular weight excluding hydrogens is 271 g/mol. The van der Waals surface area contributed by atoms with E-state index in [-0.39, 0.29) is 5.69 Å². The van der Waals surface area contributed by atoms with Gasteiger partial charge >= 0.3 is 6.18 Å². The maximum atomic E-state index is 12.4. The number of nitrogens with zero attached hydrogens (tertiary/aromatic N) is 2. The molecule has 1 amide bonds. The van der Waals surface area contributed by atoms with Gasteiger partial charge in [-0.2, -0.15) is 18.4 Å². The Morgan fingerprint density at radius 3 is 2.30 bits per heavy atom. The van der Waals surface area contributed by atoms with Gasteiger partial charge in [0.05, 0.1) is 11.6 Å². The standard InChI is InChI=1S/C13H14F3N3O/c1-3-12(4-2,8-17)19-11(20)10-6-5-9(7-18-10)13(14,15)16/h5-7H,3-4H2,1-2H3,(H,19,20). The minimum absolute atomic E-state index is 0.153. The van der Waals surface area contributed by atoms with Gasteiger partial charge in [0.1, 0.15) is 11.2 Å². The Balaban J connectivity index is 2.92. The third-order valence-corrected chi connectivity index (χ3v) is 3.10. The minimum atomic E-state index is -4.49.